The van der Waals surface area contributed by atoms with Crippen LogP contribution in [0.25, 0.3) is 0 Å². The molecule has 5 heteroatoms. The summed E-state index contributed by atoms with van der Waals surface area (Å²) in [6, 6.07) is 11.0. The highest BCUT2D eigenvalue weighted by Crippen LogP contribution is 2.38. The van der Waals surface area contributed by atoms with Crippen LogP contribution in [0.15, 0.2) is 30.3 Å². The Morgan fingerprint density at radius 2 is 1.81 bits per heavy atom. The third-order valence-corrected chi connectivity index (χ3v) is 6.74. The molecule has 1 unspecified atom stereocenters. The van der Waals surface area contributed by atoms with Gasteiger partial charge in [-0.2, -0.15) is 0 Å². The predicted molar refractivity (Wildman–Crippen MR) is 108 cm³/mol. The van der Waals surface area contributed by atoms with Crippen molar-refractivity contribution < 1.29 is 9.53 Å². The zero-order valence-electron chi connectivity index (χ0n) is 16.6. The number of anilines is 1. The molecule has 1 spiro atoms. The Balaban J connectivity index is 1.28. The maximum absolute atomic E-state index is 12.7. The molecule has 4 rings (SSSR count). The van der Waals surface area contributed by atoms with Gasteiger partial charge in [0.1, 0.15) is 0 Å². The molecule has 0 aliphatic carbocycles. The van der Waals surface area contributed by atoms with Gasteiger partial charge < -0.3 is 14.5 Å². The van der Waals surface area contributed by atoms with Crippen molar-refractivity contribution in [3.05, 3.63) is 30.3 Å². The number of benzene rings is 1. The molecule has 0 bridgehead atoms. The lowest BCUT2D eigenvalue weighted by Gasteiger charge is -2.40. The Labute approximate surface area is 163 Å². The highest BCUT2D eigenvalue weighted by molar-refractivity contribution is 5.78. The molecule has 1 aromatic carbocycles. The highest BCUT2D eigenvalue weighted by Gasteiger charge is 2.44. The Bertz CT molecular complexity index is 622. The number of carbonyl (C=O) groups is 1. The van der Waals surface area contributed by atoms with Crippen LogP contribution >= 0.6 is 0 Å². The minimum absolute atomic E-state index is 0.0321. The van der Waals surface area contributed by atoms with E-state index >= 15 is 0 Å². The van der Waals surface area contributed by atoms with Crippen LogP contribution in [0.4, 0.5) is 5.69 Å². The maximum Gasteiger partial charge on any atom is 0.236 e. The molecule has 1 atom stereocenters. The van der Waals surface area contributed by atoms with Gasteiger partial charge in [-0.1, -0.05) is 24.6 Å². The first-order valence-corrected chi connectivity index (χ1v) is 10.6. The van der Waals surface area contributed by atoms with Crippen molar-refractivity contribution >= 4 is 11.6 Å². The molecule has 3 aliphatic rings. The number of ether oxygens (including phenoxy) is 1. The fraction of sp³-hybridized carbons (Fsp3) is 0.682. The summed E-state index contributed by atoms with van der Waals surface area (Å²) in [7, 11) is 2.17. The van der Waals surface area contributed by atoms with Crippen LogP contribution in [0.3, 0.4) is 0 Å². The van der Waals surface area contributed by atoms with Gasteiger partial charge in [-0.3, -0.25) is 9.69 Å². The van der Waals surface area contributed by atoms with E-state index in [1.165, 1.54) is 24.9 Å². The van der Waals surface area contributed by atoms with Gasteiger partial charge in [-0.25, -0.2) is 0 Å². The molecule has 5 nitrogen and oxygen atoms in total. The van der Waals surface area contributed by atoms with Crippen LogP contribution in [0.2, 0.25) is 0 Å². The number of para-hydroxylation sites is 1. The molecule has 3 aliphatic heterocycles. The third-order valence-electron chi connectivity index (χ3n) is 6.74. The van der Waals surface area contributed by atoms with E-state index in [0.29, 0.717) is 18.5 Å². The average Bonchev–Trinajstić information content (AvgIpc) is 3.13. The standard InChI is InChI=1S/C22H33N3O2/c1-23(19-8-4-2-5-9-19)20-16-22(27-18-20)10-14-25(15-11-22)21(26)17-24-12-6-3-7-13-24/h2,4-5,8-9,20H,3,6-7,10-18H2,1H3. The predicted octanol–water partition coefficient (Wildman–Crippen LogP) is 2.76. The van der Waals surface area contributed by atoms with Crippen molar-refractivity contribution in [2.45, 2.75) is 50.2 Å². The van der Waals surface area contributed by atoms with Crippen molar-refractivity contribution in [3.8, 4) is 0 Å². The summed E-state index contributed by atoms with van der Waals surface area (Å²) < 4.78 is 6.32. The van der Waals surface area contributed by atoms with E-state index in [0.717, 1.165) is 52.0 Å². The van der Waals surface area contributed by atoms with Crippen LogP contribution in [-0.2, 0) is 9.53 Å². The first-order chi connectivity index (χ1) is 13.2. The van der Waals surface area contributed by atoms with Crippen LogP contribution in [-0.4, -0.2) is 73.7 Å². The normalized spacial score (nSPS) is 25.7. The maximum atomic E-state index is 12.7. The average molecular weight is 372 g/mol. The molecule has 27 heavy (non-hydrogen) atoms. The highest BCUT2D eigenvalue weighted by atomic mass is 16.5. The quantitative estimate of drug-likeness (QED) is 0.815. The summed E-state index contributed by atoms with van der Waals surface area (Å²) in [5.41, 5.74) is 1.22. The fourth-order valence-electron chi connectivity index (χ4n) is 4.86. The number of hydrogen-bond donors (Lipinski definition) is 0. The third kappa shape index (κ3) is 4.30. The summed E-state index contributed by atoms with van der Waals surface area (Å²) in [4.78, 5) is 19.4. The van der Waals surface area contributed by atoms with E-state index in [-0.39, 0.29) is 5.60 Å². The lowest BCUT2D eigenvalue weighted by Crippen LogP contribution is -2.50. The van der Waals surface area contributed by atoms with Crippen molar-refractivity contribution in [1.82, 2.24) is 9.80 Å². The number of nitrogens with zero attached hydrogens (tertiary/aromatic N) is 3. The Morgan fingerprint density at radius 1 is 1.11 bits per heavy atom. The number of amides is 1. The van der Waals surface area contributed by atoms with Gasteiger partial charge in [-0.15, -0.1) is 0 Å². The van der Waals surface area contributed by atoms with E-state index in [1.807, 2.05) is 0 Å². The molecule has 3 heterocycles. The van der Waals surface area contributed by atoms with Gasteiger partial charge in [0.2, 0.25) is 5.91 Å². The molecule has 0 aromatic heterocycles. The summed E-state index contributed by atoms with van der Waals surface area (Å²) >= 11 is 0. The lowest BCUT2D eigenvalue weighted by atomic mass is 9.87. The van der Waals surface area contributed by atoms with E-state index in [1.54, 1.807) is 0 Å². The van der Waals surface area contributed by atoms with Gasteiger partial charge in [0.05, 0.1) is 24.8 Å². The minimum Gasteiger partial charge on any atom is -0.373 e. The van der Waals surface area contributed by atoms with Crippen LogP contribution in [0.1, 0.15) is 38.5 Å². The second-order valence-corrected chi connectivity index (χ2v) is 8.52. The van der Waals surface area contributed by atoms with Crippen molar-refractivity contribution in [1.29, 1.82) is 0 Å². The van der Waals surface area contributed by atoms with Crippen LogP contribution in [0.5, 0.6) is 0 Å². The molecule has 3 fully saturated rings. The van der Waals surface area contributed by atoms with E-state index in [4.69, 9.17) is 4.74 Å². The van der Waals surface area contributed by atoms with Crippen molar-refractivity contribution in [3.63, 3.8) is 0 Å². The van der Waals surface area contributed by atoms with Gasteiger partial charge >= 0.3 is 0 Å². The van der Waals surface area contributed by atoms with E-state index < -0.39 is 0 Å². The largest absolute Gasteiger partial charge is 0.373 e. The second-order valence-electron chi connectivity index (χ2n) is 8.52. The molecule has 0 saturated carbocycles. The lowest BCUT2D eigenvalue weighted by molar-refractivity contribution is -0.137. The van der Waals surface area contributed by atoms with Crippen LogP contribution in [0, 0.1) is 0 Å². The number of likely N-dealkylation sites (N-methyl/N-ethyl adjacent to an activating group) is 1. The molecule has 3 saturated heterocycles. The monoisotopic (exact) mass is 371 g/mol. The van der Waals surface area contributed by atoms with Crippen molar-refractivity contribution in [2.24, 2.45) is 0 Å². The first-order valence-electron chi connectivity index (χ1n) is 10.6. The summed E-state index contributed by atoms with van der Waals surface area (Å²) in [5, 5.41) is 0. The number of carbonyl (C=O) groups excluding carboxylic acids is 1. The Kier molecular flexibility index (Phi) is 5.69. The molecule has 148 valence electrons. The minimum atomic E-state index is -0.0321. The number of piperidine rings is 2. The van der Waals surface area contributed by atoms with Gasteiger partial charge in [0.15, 0.2) is 0 Å². The van der Waals surface area contributed by atoms with Gasteiger partial charge in [0.25, 0.3) is 0 Å². The molecule has 0 N–H and O–H groups in total. The topological polar surface area (TPSA) is 36.0 Å². The smallest absolute Gasteiger partial charge is 0.236 e. The summed E-state index contributed by atoms with van der Waals surface area (Å²) in [5.74, 6) is 0.308. The van der Waals surface area contributed by atoms with Crippen molar-refractivity contribution in [2.75, 3.05) is 51.3 Å². The number of rotatable bonds is 4. The molecule has 1 aromatic rings. The van der Waals surface area contributed by atoms with E-state index in [2.05, 4.69) is 52.1 Å². The zero-order valence-corrected chi connectivity index (χ0v) is 16.6. The van der Waals surface area contributed by atoms with E-state index in [9.17, 15) is 4.79 Å². The first kappa shape index (κ1) is 18.8. The number of likely N-dealkylation sites (tertiary alicyclic amines) is 2. The van der Waals surface area contributed by atoms with Gasteiger partial charge in [-0.05, 0) is 57.3 Å². The SMILES string of the molecule is CN(c1ccccc1)C1COC2(CCN(C(=O)CN3CCCCC3)CC2)C1. The molecular formula is C22H33N3O2. The Hall–Kier alpha value is -1.59. The number of hydrogen-bond acceptors (Lipinski definition) is 4. The zero-order chi connectivity index (χ0) is 18.7. The van der Waals surface area contributed by atoms with Gasteiger partial charge in [0, 0.05) is 25.8 Å². The second kappa shape index (κ2) is 8.19. The molecular weight excluding hydrogens is 338 g/mol. The van der Waals surface area contributed by atoms with Crippen LogP contribution < -0.4 is 4.90 Å². The fourth-order valence-corrected chi connectivity index (χ4v) is 4.86. The summed E-state index contributed by atoms with van der Waals surface area (Å²) in [6.45, 7) is 5.24. The molecule has 0 radical (unpaired) electrons. The summed E-state index contributed by atoms with van der Waals surface area (Å²) in [6.07, 6.45) is 6.79. The Morgan fingerprint density at radius 3 is 2.52 bits per heavy atom. The molecule has 1 amide bonds.